The number of H-pyrrole nitrogens is 1. The Morgan fingerprint density at radius 3 is 2.94 bits per heavy atom. The third-order valence-electron chi connectivity index (χ3n) is 2.87. The van der Waals surface area contributed by atoms with Crippen molar-refractivity contribution >= 4 is 16.6 Å². The Morgan fingerprint density at radius 1 is 1.41 bits per heavy atom. The molecular weight excluding hydrogens is 219 g/mol. The number of nitrogen functional groups attached to an aromatic ring is 1. The number of hydrogen-bond acceptors (Lipinski definition) is 2. The van der Waals surface area contributed by atoms with Gasteiger partial charge in [-0.25, -0.2) is 4.39 Å². The number of nitrogens with one attached hydrogen (secondary N) is 1. The highest BCUT2D eigenvalue weighted by atomic mass is 19.1. The van der Waals surface area contributed by atoms with Gasteiger partial charge in [-0.2, -0.15) is 5.10 Å². The molecule has 0 radical (unpaired) electrons. The minimum Gasteiger partial charge on any atom is -0.396 e. The van der Waals surface area contributed by atoms with Gasteiger partial charge in [0.15, 0.2) is 0 Å². The second-order valence-corrected chi connectivity index (χ2v) is 3.96. The van der Waals surface area contributed by atoms with Crippen LogP contribution in [0.4, 0.5) is 10.1 Å². The summed E-state index contributed by atoms with van der Waals surface area (Å²) in [4.78, 5) is 3.09. The van der Waals surface area contributed by atoms with Crippen molar-refractivity contribution in [2.24, 2.45) is 7.05 Å². The summed E-state index contributed by atoms with van der Waals surface area (Å²) in [6.45, 7) is 0. The highest BCUT2D eigenvalue weighted by molar-refractivity contribution is 5.97. The Labute approximate surface area is 96.9 Å². The van der Waals surface area contributed by atoms with Crippen LogP contribution in [-0.2, 0) is 7.05 Å². The summed E-state index contributed by atoms with van der Waals surface area (Å²) in [6, 6.07) is 4.63. The van der Waals surface area contributed by atoms with E-state index in [0.717, 1.165) is 22.2 Å². The molecule has 1 aromatic carbocycles. The predicted molar refractivity (Wildman–Crippen MR) is 64.9 cm³/mol. The molecule has 0 aliphatic heterocycles. The fourth-order valence-electron chi connectivity index (χ4n) is 2.07. The first-order valence-corrected chi connectivity index (χ1v) is 5.21. The molecule has 3 aromatic rings. The highest BCUT2D eigenvalue weighted by Gasteiger charge is 2.13. The molecule has 17 heavy (non-hydrogen) atoms. The normalized spacial score (nSPS) is 11.2. The summed E-state index contributed by atoms with van der Waals surface area (Å²) in [6.07, 6.45) is 3.41. The van der Waals surface area contributed by atoms with Crippen LogP contribution in [0.3, 0.4) is 0 Å². The standard InChI is InChI=1S/C12H11FN4/c1-17-12(10(14)6-16-17)9-5-15-11-3-2-7(13)4-8(9)11/h2-6,15H,14H2,1H3. The van der Waals surface area contributed by atoms with Crippen LogP contribution in [0.25, 0.3) is 22.2 Å². The van der Waals surface area contributed by atoms with E-state index in [1.54, 1.807) is 16.9 Å². The number of halogens is 1. The lowest BCUT2D eigenvalue weighted by Gasteiger charge is -2.02. The minimum atomic E-state index is -0.265. The van der Waals surface area contributed by atoms with Crippen LogP contribution in [0.2, 0.25) is 0 Å². The van der Waals surface area contributed by atoms with Gasteiger partial charge in [-0.1, -0.05) is 0 Å². The lowest BCUT2D eigenvalue weighted by Crippen LogP contribution is -1.95. The molecular formula is C12H11FN4. The summed E-state index contributed by atoms with van der Waals surface area (Å²) in [5, 5.41) is 4.89. The van der Waals surface area contributed by atoms with E-state index in [0.29, 0.717) is 5.69 Å². The molecule has 0 bridgehead atoms. The SMILES string of the molecule is Cn1ncc(N)c1-c1c[nH]c2ccc(F)cc12. The zero-order chi connectivity index (χ0) is 12.0. The van der Waals surface area contributed by atoms with Crippen LogP contribution in [0, 0.1) is 5.82 Å². The summed E-state index contributed by atoms with van der Waals surface area (Å²) < 4.78 is 15.0. The quantitative estimate of drug-likeness (QED) is 0.673. The molecule has 86 valence electrons. The van der Waals surface area contributed by atoms with E-state index in [-0.39, 0.29) is 5.82 Å². The van der Waals surface area contributed by atoms with E-state index in [4.69, 9.17) is 5.73 Å². The largest absolute Gasteiger partial charge is 0.396 e. The van der Waals surface area contributed by atoms with Gasteiger partial charge in [0.25, 0.3) is 0 Å². The number of rotatable bonds is 1. The minimum absolute atomic E-state index is 0.265. The van der Waals surface area contributed by atoms with Gasteiger partial charge < -0.3 is 10.7 Å². The zero-order valence-corrected chi connectivity index (χ0v) is 9.24. The van der Waals surface area contributed by atoms with Gasteiger partial charge in [-0.05, 0) is 18.2 Å². The molecule has 0 aliphatic carbocycles. The van der Waals surface area contributed by atoms with Crippen LogP contribution in [0.5, 0.6) is 0 Å². The number of nitrogens with two attached hydrogens (primary N) is 1. The molecule has 2 heterocycles. The third-order valence-corrected chi connectivity index (χ3v) is 2.87. The van der Waals surface area contributed by atoms with Crippen molar-refractivity contribution in [1.82, 2.24) is 14.8 Å². The number of aryl methyl sites for hydroxylation is 1. The van der Waals surface area contributed by atoms with Gasteiger partial charge in [0.2, 0.25) is 0 Å². The number of anilines is 1. The lowest BCUT2D eigenvalue weighted by atomic mass is 10.1. The molecule has 0 aliphatic rings. The third kappa shape index (κ3) is 1.39. The number of fused-ring (bicyclic) bond motifs is 1. The number of benzene rings is 1. The van der Waals surface area contributed by atoms with E-state index in [2.05, 4.69) is 10.1 Å². The molecule has 3 N–H and O–H groups in total. The molecule has 3 rings (SSSR count). The fourth-order valence-corrected chi connectivity index (χ4v) is 2.07. The van der Waals surface area contributed by atoms with Gasteiger partial charge in [-0.15, -0.1) is 0 Å². The summed E-state index contributed by atoms with van der Waals surface area (Å²) >= 11 is 0. The van der Waals surface area contributed by atoms with Crippen molar-refractivity contribution < 1.29 is 4.39 Å². The maximum atomic E-state index is 13.3. The van der Waals surface area contributed by atoms with Crippen LogP contribution >= 0.6 is 0 Å². The Bertz CT molecular complexity index is 676. The van der Waals surface area contributed by atoms with E-state index >= 15 is 0 Å². The molecule has 0 saturated heterocycles. The Hall–Kier alpha value is -2.30. The van der Waals surface area contributed by atoms with Crippen molar-refractivity contribution in [3.8, 4) is 11.3 Å². The predicted octanol–water partition coefficient (Wildman–Crippen LogP) is 2.29. The second kappa shape index (κ2) is 3.35. The van der Waals surface area contributed by atoms with Crippen LogP contribution in [0.15, 0.2) is 30.6 Å². The molecule has 5 heteroatoms. The average molecular weight is 230 g/mol. The zero-order valence-electron chi connectivity index (χ0n) is 9.24. The number of nitrogens with zero attached hydrogens (tertiary/aromatic N) is 2. The van der Waals surface area contributed by atoms with Crippen molar-refractivity contribution in [3.63, 3.8) is 0 Å². The summed E-state index contributed by atoms with van der Waals surface area (Å²) in [5.41, 5.74) is 8.98. The monoisotopic (exact) mass is 230 g/mol. The van der Waals surface area contributed by atoms with E-state index in [1.807, 2.05) is 13.2 Å². The van der Waals surface area contributed by atoms with Crippen LogP contribution in [-0.4, -0.2) is 14.8 Å². The van der Waals surface area contributed by atoms with E-state index in [1.165, 1.54) is 12.1 Å². The van der Waals surface area contributed by atoms with Crippen LogP contribution < -0.4 is 5.73 Å². The van der Waals surface area contributed by atoms with E-state index < -0.39 is 0 Å². The molecule has 0 unspecified atom stereocenters. The number of hydrogen-bond donors (Lipinski definition) is 2. The maximum absolute atomic E-state index is 13.3. The highest BCUT2D eigenvalue weighted by Crippen LogP contribution is 2.32. The van der Waals surface area contributed by atoms with Crippen LogP contribution in [0.1, 0.15) is 0 Å². The first-order chi connectivity index (χ1) is 8.16. The van der Waals surface area contributed by atoms with Crippen molar-refractivity contribution in [2.75, 3.05) is 5.73 Å². The molecule has 0 saturated carbocycles. The molecule has 2 aromatic heterocycles. The van der Waals surface area contributed by atoms with Gasteiger partial charge in [0.05, 0.1) is 17.6 Å². The van der Waals surface area contributed by atoms with Gasteiger partial charge >= 0.3 is 0 Å². The molecule has 4 nitrogen and oxygen atoms in total. The first kappa shape index (κ1) is 9.89. The number of aromatic amines is 1. The molecule has 0 fully saturated rings. The summed E-state index contributed by atoms with van der Waals surface area (Å²) in [5.74, 6) is -0.265. The van der Waals surface area contributed by atoms with Gasteiger partial charge in [-0.3, -0.25) is 4.68 Å². The van der Waals surface area contributed by atoms with Crippen molar-refractivity contribution in [1.29, 1.82) is 0 Å². The average Bonchev–Trinajstić information content (AvgIpc) is 2.83. The Kier molecular flexibility index (Phi) is 1.95. The second-order valence-electron chi connectivity index (χ2n) is 3.96. The number of aromatic nitrogens is 3. The smallest absolute Gasteiger partial charge is 0.123 e. The molecule has 0 atom stereocenters. The Balaban J connectivity index is 2.35. The lowest BCUT2D eigenvalue weighted by molar-refractivity contribution is 0.629. The molecule has 0 amide bonds. The maximum Gasteiger partial charge on any atom is 0.123 e. The van der Waals surface area contributed by atoms with Crippen molar-refractivity contribution in [3.05, 3.63) is 36.4 Å². The first-order valence-electron chi connectivity index (χ1n) is 5.21. The molecule has 0 spiro atoms. The topological polar surface area (TPSA) is 59.6 Å². The van der Waals surface area contributed by atoms with E-state index in [9.17, 15) is 4.39 Å². The fraction of sp³-hybridized carbons (Fsp3) is 0.0833. The van der Waals surface area contributed by atoms with Crippen molar-refractivity contribution in [2.45, 2.75) is 0 Å². The Morgan fingerprint density at radius 2 is 2.24 bits per heavy atom. The van der Waals surface area contributed by atoms with Gasteiger partial charge in [0.1, 0.15) is 5.82 Å². The summed E-state index contributed by atoms with van der Waals surface area (Å²) in [7, 11) is 1.81. The van der Waals surface area contributed by atoms with Gasteiger partial charge in [0, 0.05) is 29.7 Å².